The predicted octanol–water partition coefficient (Wildman–Crippen LogP) is 7.56. The molecule has 0 bridgehead atoms. The summed E-state index contributed by atoms with van der Waals surface area (Å²) in [5.41, 5.74) is 2.48. The van der Waals surface area contributed by atoms with Gasteiger partial charge in [-0.1, -0.05) is 17.7 Å². The highest BCUT2D eigenvalue weighted by molar-refractivity contribution is 9.10. The molecule has 132 valence electrons. The first-order valence-corrected chi connectivity index (χ1v) is 10.2. The summed E-state index contributed by atoms with van der Waals surface area (Å²) in [4.78, 5) is 0. The molecule has 0 amide bonds. The van der Waals surface area contributed by atoms with Crippen molar-refractivity contribution < 1.29 is 8.78 Å². The lowest BCUT2D eigenvalue weighted by atomic mass is 9.68. The lowest BCUT2D eigenvalue weighted by molar-refractivity contribution is 0.171. The van der Waals surface area contributed by atoms with Crippen molar-refractivity contribution in [1.29, 1.82) is 0 Å². The maximum absolute atomic E-state index is 13.8. The van der Waals surface area contributed by atoms with Gasteiger partial charge in [-0.2, -0.15) is 0 Å². The highest BCUT2D eigenvalue weighted by Crippen LogP contribution is 2.44. The molecule has 1 aromatic carbocycles. The Morgan fingerprint density at radius 3 is 1.88 bits per heavy atom. The van der Waals surface area contributed by atoms with Crippen LogP contribution >= 0.6 is 27.5 Å². The van der Waals surface area contributed by atoms with Crippen LogP contribution in [-0.4, -0.2) is 0 Å². The molecule has 1 aromatic rings. The van der Waals surface area contributed by atoms with Crippen molar-refractivity contribution in [2.75, 3.05) is 0 Å². The second-order valence-corrected chi connectivity index (χ2v) is 8.45. The normalized spacial score (nSPS) is 31.5. The Hall–Kier alpha value is -0.410. The van der Waals surface area contributed by atoms with Crippen LogP contribution in [0.2, 0.25) is 0 Å². The Bertz CT molecular complexity index is 562. The number of benzene rings is 1. The van der Waals surface area contributed by atoms with Gasteiger partial charge in [-0.15, -0.1) is 0 Å². The first-order chi connectivity index (χ1) is 11.6. The van der Waals surface area contributed by atoms with Crippen LogP contribution in [0.1, 0.15) is 62.8 Å². The van der Waals surface area contributed by atoms with Crippen LogP contribution < -0.4 is 0 Å². The van der Waals surface area contributed by atoms with Crippen LogP contribution in [0.3, 0.4) is 0 Å². The molecular weight excluding hydrogens is 394 g/mol. The number of halogens is 4. The van der Waals surface area contributed by atoms with Gasteiger partial charge in [0.1, 0.15) is 11.6 Å². The van der Waals surface area contributed by atoms with Crippen LogP contribution in [0, 0.1) is 29.4 Å². The molecular formula is C20H24BrClF2. The van der Waals surface area contributed by atoms with Crippen LogP contribution in [-0.2, 0) is 0 Å². The lowest BCUT2D eigenvalue weighted by Gasteiger charge is -2.37. The smallest absolute Gasteiger partial charge is 0.140 e. The molecule has 0 nitrogen and oxygen atoms in total. The first kappa shape index (κ1) is 18.4. The van der Waals surface area contributed by atoms with Crippen LogP contribution in [0.15, 0.2) is 28.2 Å². The summed E-state index contributed by atoms with van der Waals surface area (Å²) in [7, 11) is 0. The van der Waals surface area contributed by atoms with Crippen molar-refractivity contribution >= 4 is 27.5 Å². The van der Waals surface area contributed by atoms with Crippen molar-refractivity contribution in [2.24, 2.45) is 17.8 Å². The Labute approximate surface area is 156 Å². The molecule has 0 aromatic heterocycles. The van der Waals surface area contributed by atoms with E-state index in [9.17, 15) is 8.78 Å². The summed E-state index contributed by atoms with van der Waals surface area (Å²) in [6.45, 7) is 0. The molecule has 24 heavy (non-hydrogen) atoms. The summed E-state index contributed by atoms with van der Waals surface area (Å²) in [5.74, 6) is 1.59. The molecule has 3 rings (SSSR count). The topological polar surface area (TPSA) is 0 Å². The molecule has 0 heterocycles. The molecule has 0 radical (unpaired) electrons. The van der Waals surface area contributed by atoms with E-state index in [4.69, 9.17) is 11.6 Å². The maximum atomic E-state index is 13.8. The SMILES string of the molecule is Fc1cc(C2CCC(C3CCC(C=CCl)CC3)CC2)cc(F)c1Br. The standard InChI is InChI=1S/C20H24BrClF2/c21-20-18(23)11-17(12-19(20)24)16-7-5-15(6-8-16)14-3-1-13(2-4-14)9-10-22/h9-16H,1-8H2. The van der Waals surface area contributed by atoms with Crippen LogP contribution in [0.5, 0.6) is 0 Å². The third-order valence-electron chi connectivity index (χ3n) is 6.08. The molecule has 0 N–H and O–H groups in total. The second-order valence-electron chi connectivity index (χ2n) is 7.40. The van der Waals surface area contributed by atoms with Gasteiger partial charge in [0.25, 0.3) is 0 Å². The molecule has 0 unspecified atom stereocenters. The van der Waals surface area contributed by atoms with Gasteiger partial charge in [0.2, 0.25) is 0 Å². The Morgan fingerprint density at radius 1 is 0.875 bits per heavy atom. The van der Waals surface area contributed by atoms with Gasteiger partial charge in [-0.25, -0.2) is 8.78 Å². The molecule has 4 heteroatoms. The predicted molar refractivity (Wildman–Crippen MR) is 99.2 cm³/mol. The average Bonchev–Trinajstić information content (AvgIpc) is 2.60. The average molecular weight is 418 g/mol. The van der Waals surface area contributed by atoms with Gasteiger partial charge in [-0.3, -0.25) is 0 Å². The van der Waals surface area contributed by atoms with Gasteiger partial charge in [0.15, 0.2) is 0 Å². The van der Waals surface area contributed by atoms with Crippen molar-refractivity contribution in [3.63, 3.8) is 0 Å². The van der Waals surface area contributed by atoms with Gasteiger partial charge < -0.3 is 0 Å². The monoisotopic (exact) mass is 416 g/mol. The fourth-order valence-electron chi connectivity index (χ4n) is 4.65. The van der Waals surface area contributed by atoms with Crippen molar-refractivity contribution in [3.8, 4) is 0 Å². The number of hydrogen-bond donors (Lipinski definition) is 0. The van der Waals surface area contributed by atoms with E-state index in [2.05, 4.69) is 22.0 Å². The van der Waals surface area contributed by atoms with Gasteiger partial charge in [0, 0.05) is 5.54 Å². The van der Waals surface area contributed by atoms with Gasteiger partial charge in [0.05, 0.1) is 4.47 Å². The lowest BCUT2D eigenvalue weighted by Crippen LogP contribution is -2.25. The number of rotatable bonds is 3. The summed E-state index contributed by atoms with van der Waals surface area (Å²) >= 11 is 8.64. The van der Waals surface area contributed by atoms with E-state index in [1.54, 1.807) is 5.54 Å². The van der Waals surface area contributed by atoms with E-state index in [-0.39, 0.29) is 4.47 Å². The van der Waals surface area contributed by atoms with E-state index in [1.807, 2.05) is 0 Å². The largest absolute Gasteiger partial charge is 0.206 e. The highest BCUT2D eigenvalue weighted by Gasteiger charge is 2.31. The Morgan fingerprint density at radius 2 is 1.38 bits per heavy atom. The Balaban J connectivity index is 1.55. The molecule has 2 fully saturated rings. The molecule has 0 saturated heterocycles. The summed E-state index contributed by atoms with van der Waals surface area (Å²) in [5, 5.41) is 0. The number of allylic oxidation sites excluding steroid dienone is 1. The third-order valence-corrected chi connectivity index (χ3v) is 6.98. The van der Waals surface area contributed by atoms with Gasteiger partial charge >= 0.3 is 0 Å². The minimum atomic E-state index is -0.488. The molecule has 2 aliphatic rings. The summed E-state index contributed by atoms with van der Waals surface area (Å²) in [6, 6.07) is 3.00. The Kier molecular flexibility index (Phi) is 6.37. The fourth-order valence-corrected chi connectivity index (χ4v) is 5.08. The number of hydrogen-bond acceptors (Lipinski definition) is 0. The third kappa shape index (κ3) is 4.22. The van der Waals surface area contributed by atoms with Crippen LogP contribution in [0.4, 0.5) is 8.78 Å². The molecule has 2 saturated carbocycles. The molecule has 2 aliphatic carbocycles. The zero-order valence-electron chi connectivity index (χ0n) is 13.8. The molecule has 0 aliphatic heterocycles. The minimum absolute atomic E-state index is 0.0531. The van der Waals surface area contributed by atoms with E-state index in [0.29, 0.717) is 11.8 Å². The van der Waals surface area contributed by atoms with Crippen molar-refractivity contribution in [3.05, 3.63) is 45.4 Å². The molecule has 0 spiro atoms. The van der Waals surface area contributed by atoms with Crippen LogP contribution in [0.25, 0.3) is 0 Å². The van der Waals surface area contributed by atoms with E-state index >= 15 is 0 Å². The van der Waals surface area contributed by atoms with E-state index in [0.717, 1.165) is 30.2 Å². The fraction of sp³-hybridized carbons (Fsp3) is 0.600. The maximum Gasteiger partial charge on any atom is 0.140 e. The molecule has 0 atom stereocenters. The van der Waals surface area contributed by atoms with E-state index < -0.39 is 11.6 Å². The van der Waals surface area contributed by atoms with Gasteiger partial charge in [-0.05, 0) is 109 Å². The van der Waals surface area contributed by atoms with E-state index in [1.165, 1.54) is 50.7 Å². The van der Waals surface area contributed by atoms with Crippen molar-refractivity contribution in [2.45, 2.75) is 57.3 Å². The zero-order valence-corrected chi connectivity index (χ0v) is 16.1. The quantitative estimate of drug-likeness (QED) is 0.445. The first-order valence-electron chi connectivity index (χ1n) is 8.99. The van der Waals surface area contributed by atoms with Crippen molar-refractivity contribution in [1.82, 2.24) is 0 Å². The minimum Gasteiger partial charge on any atom is -0.206 e. The summed E-state index contributed by atoms with van der Waals surface area (Å²) < 4.78 is 27.5. The highest BCUT2D eigenvalue weighted by atomic mass is 79.9. The second kappa shape index (κ2) is 8.31. The zero-order chi connectivity index (χ0) is 17.1. The summed E-state index contributed by atoms with van der Waals surface area (Å²) in [6.07, 6.45) is 11.7.